The van der Waals surface area contributed by atoms with Crippen molar-refractivity contribution in [1.29, 1.82) is 0 Å². The van der Waals surface area contributed by atoms with Gasteiger partial charge < -0.3 is 4.74 Å². The monoisotopic (exact) mass is 527 g/mol. The fraction of sp³-hybridized carbons (Fsp3) is 0.364. The number of hydrogen-bond donors (Lipinski definition) is 0. The fourth-order valence-electron chi connectivity index (χ4n) is 3.62. The summed E-state index contributed by atoms with van der Waals surface area (Å²) in [7, 11) is -3.85. The van der Waals surface area contributed by atoms with Crippen molar-refractivity contribution in [3.8, 4) is 0 Å². The second-order valence-electron chi connectivity index (χ2n) is 7.78. The van der Waals surface area contributed by atoms with E-state index < -0.39 is 21.5 Å². The van der Waals surface area contributed by atoms with Crippen LogP contribution in [0.1, 0.15) is 5.56 Å². The molecule has 1 amide bonds. The zero-order chi connectivity index (χ0) is 23.6. The minimum Gasteiger partial charge on any atom is -0.379 e. The van der Waals surface area contributed by atoms with Crippen LogP contribution in [0.3, 0.4) is 0 Å². The van der Waals surface area contributed by atoms with Crippen molar-refractivity contribution in [2.45, 2.75) is 11.8 Å². The van der Waals surface area contributed by atoms with Gasteiger partial charge in [-0.2, -0.15) is 0 Å². The number of hydrogen-bond acceptors (Lipinski definition) is 7. The van der Waals surface area contributed by atoms with E-state index in [0.717, 1.165) is 28.9 Å². The van der Waals surface area contributed by atoms with Crippen LogP contribution in [0.5, 0.6) is 0 Å². The molecule has 3 aromatic rings. The topological polar surface area (TPSA) is 79.8 Å². The number of anilines is 1. The van der Waals surface area contributed by atoms with E-state index in [9.17, 15) is 13.2 Å². The number of halogens is 2. The number of rotatable bonds is 7. The van der Waals surface area contributed by atoms with E-state index in [1.54, 1.807) is 6.07 Å². The first-order valence-corrected chi connectivity index (χ1v) is 13.6. The molecule has 1 fully saturated rings. The number of carbonyl (C=O) groups is 1. The average molecular weight is 528 g/mol. The molecule has 2 heterocycles. The average Bonchev–Trinajstić information content (AvgIpc) is 3.18. The van der Waals surface area contributed by atoms with Crippen molar-refractivity contribution >= 4 is 65.6 Å². The smallest absolute Gasteiger partial charge is 0.244 e. The molecule has 7 nitrogen and oxygen atoms in total. The number of nitrogens with zero attached hydrogens (tertiary/aromatic N) is 3. The summed E-state index contributed by atoms with van der Waals surface area (Å²) in [5.74, 6) is -1.19. The number of aryl methyl sites for hydroxylation is 1. The Morgan fingerprint density at radius 2 is 1.85 bits per heavy atom. The second kappa shape index (κ2) is 10.2. The molecule has 0 spiro atoms. The predicted molar refractivity (Wildman–Crippen MR) is 132 cm³/mol. The fourth-order valence-corrected chi connectivity index (χ4v) is 6.41. The first-order valence-electron chi connectivity index (χ1n) is 10.4. The Bertz CT molecular complexity index is 1260. The molecule has 1 aliphatic heterocycles. The zero-order valence-corrected chi connectivity index (χ0v) is 21.1. The third-order valence-corrected chi connectivity index (χ3v) is 8.51. The van der Waals surface area contributed by atoms with E-state index in [1.165, 1.54) is 40.5 Å². The van der Waals surface area contributed by atoms with Crippen LogP contribution in [0.15, 0.2) is 41.3 Å². The van der Waals surface area contributed by atoms with Gasteiger partial charge in [-0.05, 0) is 48.9 Å². The van der Waals surface area contributed by atoms with Crippen molar-refractivity contribution in [2.75, 3.05) is 50.0 Å². The molecule has 1 aliphatic rings. The SMILES string of the molecule is Cc1cc(Cl)cc2sc(N(CCN3CCOCC3)C(=O)CS(=O)(=O)c3ccc(Cl)cc3)nc12. The highest BCUT2D eigenvalue weighted by Gasteiger charge is 2.27. The normalized spacial score (nSPS) is 15.1. The minimum absolute atomic E-state index is 0.0558. The van der Waals surface area contributed by atoms with Crippen LogP contribution in [0.2, 0.25) is 10.0 Å². The van der Waals surface area contributed by atoms with E-state index in [0.29, 0.717) is 41.5 Å². The molecule has 0 saturated carbocycles. The van der Waals surface area contributed by atoms with Gasteiger partial charge in [-0.25, -0.2) is 13.4 Å². The summed E-state index contributed by atoms with van der Waals surface area (Å²) in [4.78, 5) is 21.7. The molecule has 0 radical (unpaired) electrons. The number of sulfone groups is 1. The molecule has 11 heteroatoms. The maximum Gasteiger partial charge on any atom is 0.244 e. The lowest BCUT2D eigenvalue weighted by atomic mass is 10.2. The number of amides is 1. The van der Waals surface area contributed by atoms with Crippen LogP contribution in [0, 0.1) is 6.92 Å². The standard InChI is InChI=1S/C22H23Cl2N3O4S2/c1-15-12-17(24)13-19-21(15)25-22(32-19)27(7-6-26-8-10-31-11-9-26)20(28)14-33(29,30)18-4-2-16(23)3-5-18/h2-5,12-13H,6-11,14H2,1H3. The van der Waals surface area contributed by atoms with E-state index in [-0.39, 0.29) is 4.90 Å². The van der Waals surface area contributed by atoms with Crippen molar-refractivity contribution in [3.05, 3.63) is 52.0 Å². The zero-order valence-electron chi connectivity index (χ0n) is 18.0. The Morgan fingerprint density at radius 3 is 2.55 bits per heavy atom. The maximum atomic E-state index is 13.3. The largest absolute Gasteiger partial charge is 0.379 e. The number of morpholine rings is 1. The Morgan fingerprint density at radius 1 is 1.15 bits per heavy atom. The van der Waals surface area contributed by atoms with E-state index in [4.69, 9.17) is 27.9 Å². The number of thiazole rings is 1. The van der Waals surface area contributed by atoms with Crippen LogP contribution < -0.4 is 4.90 Å². The first-order chi connectivity index (χ1) is 15.7. The van der Waals surface area contributed by atoms with Crippen molar-refractivity contribution in [3.63, 3.8) is 0 Å². The van der Waals surface area contributed by atoms with Crippen LogP contribution >= 0.6 is 34.5 Å². The van der Waals surface area contributed by atoms with Crippen LogP contribution in [-0.4, -0.2) is 69.4 Å². The van der Waals surface area contributed by atoms with Gasteiger partial charge in [0.2, 0.25) is 5.91 Å². The van der Waals surface area contributed by atoms with Crippen molar-refractivity contribution < 1.29 is 17.9 Å². The third kappa shape index (κ3) is 5.85. The van der Waals surface area contributed by atoms with Gasteiger partial charge in [0.1, 0.15) is 5.75 Å². The highest BCUT2D eigenvalue weighted by atomic mass is 35.5. The third-order valence-electron chi connectivity index (χ3n) is 5.40. The molecule has 0 bridgehead atoms. The quantitative estimate of drug-likeness (QED) is 0.461. The van der Waals surface area contributed by atoms with Crippen molar-refractivity contribution in [2.24, 2.45) is 0 Å². The lowest BCUT2D eigenvalue weighted by Gasteiger charge is -2.29. The minimum atomic E-state index is -3.85. The molecule has 176 valence electrons. The lowest BCUT2D eigenvalue weighted by molar-refractivity contribution is -0.116. The van der Waals surface area contributed by atoms with Gasteiger partial charge in [0.05, 0.1) is 28.3 Å². The molecule has 2 aromatic carbocycles. The Labute approximate surface area is 206 Å². The maximum absolute atomic E-state index is 13.3. The Balaban J connectivity index is 1.62. The van der Waals surface area contributed by atoms with E-state index in [1.807, 2.05) is 13.0 Å². The molecule has 1 saturated heterocycles. The first kappa shape index (κ1) is 24.4. The summed E-state index contributed by atoms with van der Waals surface area (Å²) in [6.45, 7) is 5.62. The lowest BCUT2D eigenvalue weighted by Crippen LogP contribution is -2.44. The highest BCUT2D eigenvalue weighted by Crippen LogP contribution is 2.33. The number of aromatic nitrogens is 1. The Hall–Kier alpha value is -1.75. The number of carbonyl (C=O) groups excluding carboxylic acids is 1. The molecule has 0 unspecified atom stereocenters. The molecular weight excluding hydrogens is 505 g/mol. The van der Waals surface area contributed by atoms with Gasteiger partial charge >= 0.3 is 0 Å². The molecular formula is C22H23Cl2N3O4S2. The molecule has 1 aromatic heterocycles. The van der Waals surface area contributed by atoms with Crippen LogP contribution in [0.25, 0.3) is 10.2 Å². The number of benzene rings is 2. The summed E-state index contributed by atoms with van der Waals surface area (Å²) in [5.41, 5.74) is 1.65. The summed E-state index contributed by atoms with van der Waals surface area (Å²) < 4.78 is 32.1. The van der Waals surface area contributed by atoms with Gasteiger partial charge in [-0.1, -0.05) is 34.5 Å². The summed E-state index contributed by atoms with van der Waals surface area (Å²) in [6, 6.07) is 9.43. The summed E-state index contributed by atoms with van der Waals surface area (Å²) >= 11 is 13.4. The molecule has 0 atom stereocenters. The number of fused-ring (bicyclic) bond motifs is 1. The summed E-state index contributed by atoms with van der Waals surface area (Å²) in [6.07, 6.45) is 0. The van der Waals surface area contributed by atoms with Crippen LogP contribution in [0.4, 0.5) is 5.13 Å². The molecule has 0 N–H and O–H groups in total. The van der Waals surface area contributed by atoms with Gasteiger partial charge in [0.15, 0.2) is 15.0 Å². The van der Waals surface area contributed by atoms with Gasteiger partial charge in [-0.15, -0.1) is 0 Å². The summed E-state index contributed by atoms with van der Waals surface area (Å²) in [5, 5.41) is 1.47. The highest BCUT2D eigenvalue weighted by molar-refractivity contribution is 7.92. The van der Waals surface area contributed by atoms with Crippen molar-refractivity contribution in [1.82, 2.24) is 9.88 Å². The second-order valence-corrected chi connectivity index (χ2v) is 11.6. The molecule has 33 heavy (non-hydrogen) atoms. The molecule has 4 rings (SSSR count). The number of ether oxygens (including phenoxy) is 1. The Kier molecular flexibility index (Phi) is 7.57. The van der Waals surface area contributed by atoms with E-state index >= 15 is 0 Å². The van der Waals surface area contributed by atoms with Crippen LogP contribution in [-0.2, 0) is 19.4 Å². The predicted octanol–water partition coefficient (Wildman–Crippen LogP) is 4.05. The van der Waals surface area contributed by atoms with Gasteiger partial charge in [-0.3, -0.25) is 14.6 Å². The molecule has 0 aliphatic carbocycles. The van der Waals surface area contributed by atoms with Gasteiger partial charge in [0.25, 0.3) is 0 Å². The van der Waals surface area contributed by atoms with Gasteiger partial charge in [0, 0.05) is 36.2 Å². The van der Waals surface area contributed by atoms with E-state index in [2.05, 4.69) is 9.88 Å².